The monoisotopic (exact) mass is 446 g/mol. The summed E-state index contributed by atoms with van der Waals surface area (Å²) in [6, 6.07) is 4.79. The number of nitrogens with one attached hydrogen (secondary N) is 2. The molecule has 1 aliphatic rings. The maximum absolute atomic E-state index is 12.4. The van der Waals surface area contributed by atoms with E-state index in [1.165, 1.54) is 13.2 Å². The van der Waals surface area contributed by atoms with Gasteiger partial charge in [0.05, 0.1) is 19.8 Å². The van der Waals surface area contributed by atoms with Crippen molar-refractivity contribution in [1.29, 1.82) is 0 Å². The van der Waals surface area contributed by atoms with E-state index in [0.29, 0.717) is 31.6 Å². The number of alkyl halides is 3. The predicted octanol–water partition coefficient (Wildman–Crippen LogP) is 2.66. The molecule has 0 aliphatic carbocycles. The van der Waals surface area contributed by atoms with Gasteiger partial charge in [-0.3, -0.25) is 9.89 Å². The fourth-order valence-corrected chi connectivity index (χ4v) is 3.30. The second-order valence-corrected chi connectivity index (χ2v) is 7.84. The van der Waals surface area contributed by atoms with Crippen LogP contribution in [0.25, 0.3) is 0 Å². The normalized spacial score (nSPS) is 18.2. The van der Waals surface area contributed by atoms with Gasteiger partial charge >= 0.3 is 6.18 Å². The van der Waals surface area contributed by atoms with Crippen molar-refractivity contribution in [3.8, 4) is 11.5 Å². The van der Waals surface area contributed by atoms with E-state index in [-0.39, 0.29) is 17.6 Å². The SMILES string of the molecule is CN=C(NCc1ccc(OCC(F)(F)F)c(OC)c1)NCC1CN(CC(C)C)CCO1. The quantitative estimate of drug-likeness (QED) is 0.449. The number of nitrogens with zero attached hydrogens (tertiary/aromatic N) is 2. The van der Waals surface area contributed by atoms with Crippen molar-refractivity contribution in [1.82, 2.24) is 15.5 Å². The van der Waals surface area contributed by atoms with E-state index in [1.807, 2.05) is 0 Å². The molecule has 7 nitrogen and oxygen atoms in total. The van der Waals surface area contributed by atoms with E-state index >= 15 is 0 Å². The highest BCUT2D eigenvalue weighted by Crippen LogP contribution is 2.29. The molecule has 1 saturated heterocycles. The average Bonchev–Trinajstić information content (AvgIpc) is 2.71. The second kappa shape index (κ2) is 12.0. The molecular formula is C21H33F3N4O3. The molecule has 1 aliphatic heterocycles. The lowest BCUT2D eigenvalue weighted by molar-refractivity contribution is -0.153. The van der Waals surface area contributed by atoms with Gasteiger partial charge in [0.1, 0.15) is 0 Å². The van der Waals surface area contributed by atoms with Crippen LogP contribution in [0.1, 0.15) is 19.4 Å². The van der Waals surface area contributed by atoms with Crippen LogP contribution in [0.5, 0.6) is 11.5 Å². The zero-order valence-electron chi connectivity index (χ0n) is 18.6. The molecule has 176 valence electrons. The predicted molar refractivity (Wildman–Crippen MR) is 114 cm³/mol. The summed E-state index contributed by atoms with van der Waals surface area (Å²) in [6.07, 6.45) is -4.33. The molecule has 1 unspecified atom stereocenters. The van der Waals surface area contributed by atoms with Gasteiger partial charge in [-0.15, -0.1) is 0 Å². The molecule has 0 bridgehead atoms. The first-order valence-corrected chi connectivity index (χ1v) is 10.3. The molecule has 1 aromatic carbocycles. The Hall–Kier alpha value is -2.20. The van der Waals surface area contributed by atoms with Crippen molar-refractivity contribution in [2.75, 3.05) is 53.6 Å². The van der Waals surface area contributed by atoms with Gasteiger partial charge in [0.2, 0.25) is 0 Å². The summed E-state index contributed by atoms with van der Waals surface area (Å²) in [5.74, 6) is 1.52. The van der Waals surface area contributed by atoms with Crippen LogP contribution in [-0.2, 0) is 11.3 Å². The van der Waals surface area contributed by atoms with Crippen LogP contribution in [-0.4, -0.2) is 76.7 Å². The largest absolute Gasteiger partial charge is 0.493 e. The summed E-state index contributed by atoms with van der Waals surface area (Å²) in [5, 5.41) is 6.46. The van der Waals surface area contributed by atoms with Crippen LogP contribution >= 0.6 is 0 Å². The number of hydrogen-bond donors (Lipinski definition) is 2. The lowest BCUT2D eigenvalue weighted by Crippen LogP contribution is -2.50. The molecule has 0 saturated carbocycles. The first-order chi connectivity index (χ1) is 14.7. The van der Waals surface area contributed by atoms with Gasteiger partial charge in [0.25, 0.3) is 0 Å². The Labute approximate surface area is 181 Å². The molecule has 1 heterocycles. The molecule has 1 fully saturated rings. The zero-order valence-corrected chi connectivity index (χ0v) is 18.6. The summed E-state index contributed by atoms with van der Waals surface area (Å²) in [5.41, 5.74) is 0.816. The van der Waals surface area contributed by atoms with Crippen LogP contribution in [0.3, 0.4) is 0 Å². The van der Waals surface area contributed by atoms with Crippen LogP contribution in [0, 0.1) is 5.92 Å². The first-order valence-electron chi connectivity index (χ1n) is 10.3. The number of benzene rings is 1. The van der Waals surface area contributed by atoms with E-state index in [0.717, 1.165) is 25.2 Å². The van der Waals surface area contributed by atoms with Crippen molar-refractivity contribution in [3.05, 3.63) is 23.8 Å². The van der Waals surface area contributed by atoms with Gasteiger partial charge in [-0.2, -0.15) is 13.2 Å². The molecule has 2 rings (SSSR count). The Bertz CT molecular complexity index is 714. The Morgan fingerprint density at radius 2 is 2.06 bits per heavy atom. The Kier molecular flexibility index (Phi) is 9.70. The number of halogens is 3. The number of morpholine rings is 1. The summed E-state index contributed by atoms with van der Waals surface area (Å²) >= 11 is 0. The van der Waals surface area contributed by atoms with Crippen molar-refractivity contribution >= 4 is 5.96 Å². The molecule has 1 aromatic rings. The minimum atomic E-state index is -4.41. The third-order valence-corrected chi connectivity index (χ3v) is 4.65. The van der Waals surface area contributed by atoms with E-state index in [4.69, 9.17) is 14.2 Å². The molecular weight excluding hydrogens is 413 g/mol. The molecule has 0 amide bonds. The summed E-state index contributed by atoms with van der Waals surface area (Å²) in [7, 11) is 3.07. The molecule has 2 N–H and O–H groups in total. The van der Waals surface area contributed by atoms with Gasteiger partial charge < -0.3 is 24.8 Å². The van der Waals surface area contributed by atoms with Gasteiger partial charge in [0.15, 0.2) is 24.1 Å². The number of ether oxygens (including phenoxy) is 3. The maximum atomic E-state index is 12.4. The summed E-state index contributed by atoms with van der Waals surface area (Å²) in [4.78, 5) is 6.62. The highest BCUT2D eigenvalue weighted by Gasteiger charge is 2.29. The van der Waals surface area contributed by atoms with E-state index in [9.17, 15) is 13.2 Å². The Balaban J connectivity index is 1.83. The lowest BCUT2D eigenvalue weighted by Gasteiger charge is -2.34. The fourth-order valence-electron chi connectivity index (χ4n) is 3.30. The van der Waals surface area contributed by atoms with E-state index < -0.39 is 12.8 Å². The highest BCUT2D eigenvalue weighted by atomic mass is 19.4. The summed E-state index contributed by atoms with van der Waals surface area (Å²) in [6.45, 7) is 7.69. The fraction of sp³-hybridized carbons (Fsp3) is 0.667. The van der Waals surface area contributed by atoms with Crippen molar-refractivity contribution < 1.29 is 27.4 Å². The Morgan fingerprint density at radius 3 is 2.71 bits per heavy atom. The number of hydrogen-bond acceptors (Lipinski definition) is 5. The number of guanidine groups is 1. The minimum Gasteiger partial charge on any atom is -0.493 e. The van der Waals surface area contributed by atoms with E-state index in [1.54, 1.807) is 19.2 Å². The highest BCUT2D eigenvalue weighted by molar-refractivity contribution is 5.79. The van der Waals surface area contributed by atoms with Crippen molar-refractivity contribution in [3.63, 3.8) is 0 Å². The molecule has 1 atom stereocenters. The molecule has 0 radical (unpaired) electrons. The van der Waals surface area contributed by atoms with Gasteiger partial charge in [-0.05, 0) is 23.6 Å². The molecule has 10 heteroatoms. The molecule has 31 heavy (non-hydrogen) atoms. The second-order valence-electron chi connectivity index (χ2n) is 7.84. The molecule has 0 aromatic heterocycles. The standard InChI is InChI=1S/C21H33F3N4O3/c1-15(2)12-28-7-8-30-17(13-28)11-27-20(25-3)26-10-16-5-6-18(19(9-16)29-4)31-14-21(22,23)24/h5-6,9,15,17H,7-8,10-14H2,1-4H3,(H2,25,26,27). The van der Waals surface area contributed by atoms with Gasteiger partial charge in [-0.25, -0.2) is 0 Å². The number of aliphatic imine (C=N–C) groups is 1. The lowest BCUT2D eigenvalue weighted by atomic mass is 10.2. The third-order valence-electron chi connectivity index (χ3n) is 4.65. The van der Waals surface area contributed by atoms with Crippen LogP contribution in [0.4, 0.5) is 13.2 Å². The zero-order chi connectivity index (χ0) is 22.9. The van der Waals surface area contributed by atoms with Gasteiger partial charge in [-0.1, -0.05) is 19.9 Å². The minimum absolute atomic E-state index is 0.0477. The topological polar surface area (TPSA) is 67.4 Å². The average molecular weight is 447 g/mol. The number of methoxy groups -OCH3 is 1. The van der Waals surface area contributed by atoms with Crippen LogP contribution in [0.15, 0.2) is 23.2 Å². The summed E-state index contributed by atoms with van der Waals surface area (Å²) < 4.78 is 53.0. The maximum Gasteiger partial charge on any atom is 0.422 e. The van der Waals surface area contributed by atoms with Crippen molar-refractivity contribution in [2.24, 2.45) is 10.9 Å². The number of rotatable bonds is 9. The van der Waals surface area contributed by atoms with Gasteiger partial charge in [0, 0.05) is 39.8 Å². The first kappa shape index (κ1) is 25.1. The third kappa shape index (κ3) is 9.22. The van der Waals surface area contributed by atoms with Crippen LogP contribution in [0.2, 0.25) is 0 Å². The van der Waals surface area contributed by atoms with Crippen molar-refractivity contribution in [2.45, 2.75) is 32.7 Å². The van der Waals surface area contributed by atoms with E-state index in [2.05, 4.69) is 34.4 Å². The molecule has 0 spiro atoms. The van der Waals surface area contributed by atoms with Crippen LogP contribution < -0.4 is 20.1 Å². The smallest absolute Gasteiger partial charge is 0.422 e. The Morgan fingerprint density at radius 1 is 1.29 bits per heavy atom.